The van der Waals surface area contributed by atoms with Crippen LogP contribution in [0.25, 0.3) is 0 Å². The zero-order valence-corrected chi connectivity index (χ0v) is 20.1. The predicted molar refractivity (Wildman–Crippen MR) is 130 cm³/mol. The summed E-state index contributed by atoms with van der Waals surface area (Å²) in [4.78, 5) is 27.7. The molecule has 32 heavy (non-hydrogen) atoms. The van der Waals surface area contributed by atoms with Crippen LogP contribution in [0.15, 0.2) is 28.8 Å². The highest BCUT2D eigenvalue weighted by atomic mass is 35.7. The molecule has 2 fully saturated rings. The van der Waals surface area contributed by atoms with Crippen molar-refractivity contribution in [1.82, 2.24) is 20.2 Å². The second-order valence-corrected chi connectivity index (χ2v) is 11.9. The number of carbonyl (C=O) groups excluding carboxylic acids is 1. The van der Waals surface area contributed by atoms with Crippen molar-refractivity contribution in [2.75, 3.05) is 44.2 Å². The lowest BCUT2D eigenvalue weighted by atomic mass is 10.0. The van der Waals surface area contributed by atoms with Gasteiger partial charge >= 0.3 is 0 Å². The summed E-state index contributed by atoms with van der Waals surface area (Å²) in [5, 5.41) is 15.8. The van der Waals surface area contributed by atoms with Crippen molar-refractivity contribution in [1.29, 1.82) is 0 Å². The summed E-state index contributed by atoms with van der Waals surface area (Å²) < 4.78 is 0. The molecular weight excluding hydrogens is 446 g/mol. The number of nitrogens with one attached hydrogen (secondary N) is 1. The highest BCUT2D eigenvalue weighted by Gasteiger charge is 2.36. The number of rotatable bonds is 7. The number of aliphatic hydroxyl groups is 1. The Morgan fingerprint density at radius 2 is 2.09 bits per heavy atom. The molecule has 7 nitrogen and oxygen atoms in total. The average molecular weight is 478 g/mol. The summed E-state index contributed by atoms with van der Waals surface area (Å²) in [6, 6.07) is 0. The fraction of sp³-hybridized carbons (Fsp3) is 0.609. The van der Waals surface area contributed by atoms with Gasteiger partial charge in [0.1, 0.15) is 12.1 Å². The maximum absolute atomic E-state index is 13.5. The van der Waals surface area contributed by atoms with Gasteiger partial charge in [0.15, 0.2) is 0 Å². The van der Waals surface area contributed by atoms with Crippen LogP contribution in [0.4, 0.5) is 5.82 Å². The van der Waals surface area contributed by atoms with E-state index in [1.165, 1.54) is 12.8 Å². The lowest BCUT2D eigenvalue weighted by molar-refractivity contribution is -0.134. The fourth-order valence-corrected chi connectivity index (χ4v) is 6.88. The summed E-state index contributed by atoms with van der Waals surface area (Å²) in [5.41, 5.74) is 1.83. The van der Waals surface area contributed by atoms with E-state index in [4.69, 9.17) is 10.7 Å². The SMILES string of the molecule is C[C@@H]1C[C@@H](O)c2ncnc(N3CCN(C(=O)[C@H](CNCC4CC4)C4=CC=C[SH]4Cl)CC3)c21. The van der Waals surface area contributed by atoms with Crippen LogP contribution in [0.1, 0.15) is 49.5 Å². The highest BCUT2D eigenvalue weighted by molar-refractivity contribution is 8.41. The maximum atomic E-state index is 13.5. The van der Waals surface area contributed by atoms with Crippen molar-refractivity contribution in [2.24, 2.45) is 11.8 Å². The normalized spacial score (nSPS) is 29.2. The molecule has 4 atom stereocenters. The summed E-state index contributed by atoms with van der Waals surface area (Å²) in [7, 11) is 5.68. The largest absolute Gasteiger partial charge is 0.387 e. The van der Waals surface area contributed by atoms with Gasteiger partial charge in [-0.25, -0.2) is 9.97 Å². The first-order valence-corrected chi connectivity index (χ1v) is 13.9. The summed E-state index contributed by atoms with van der Waals surface area (Å²) >= 11 is 0. The molecule has 1 aromatic rings. The van der Waals surface area contributed by atoms with E-state index in [1.807, 2.05) is 22.5 Å². The molecule has 5 rings (SSSR count). The predicted octanol–water partition coefficient (Wildman–Crippen LogP) is 2.85. The number of nitrogens with zero attached hydrogens (tertiary/aromatic N) is 4. The molecule has 1 unspecified atom stereocenters. The van der Waals surface area contributed by atoms with Gasteiger partial charge in [0.05, 0.1) is 17.7 Å². The van der Waals surface area contributed by atoms with Gasteiger partial charge in [-0.05, 0) is 48.0 Å². The Morgan fingerprint density at radius 1 is 1.31 bits per heavy atom. The summed E-state index contributed by atoms with van der Waals surface area (Å²) in [5.74, 6) is 1.91. The van der Waals surface area contributed by atoms with E-state index >= 15 is 0 Å². The van der Waals surface area contributed by atoms with E-state index in [0.29, 0.717) is 26.1 Å². The van der Waals surface area contributed by atoms with Crippen molar-refractivity contribution < 1.29 is 9.90 Å². The standard InChI is InChI=1S/C23H32ClN5O2S/c1-15-11-18(30)21-20(15)22(27-14-26-21)28-6-8-29(9-7-28)23(31)17(13-25-12-16-4-5-16)19-3-2-10-32(19)24/h2-3,10,14-18,25,30,32H,4-9,11-13H2,1H3/t15-,17-,18-/m1/s1. The molecular formula is C23H32ClN5O2S. The van der Waals surface area contributed by atoms with Crippen LogP contribution in [0.3, 0.4) is 0 Å². The number of halogens is 1. The molecule has 4 aliphatic rings. The average Bonchev–Trinajstić information content (AvgIpc) is 3.46. The van der Waals surface area contributed by atoms with Gasteiger partial charge in [-0.3, -0.25) is 4.79 Å². The Balaban J connectivity index is 1.25. The second-order valence-electron chi connectivity index (χ2n) is 9.36. The van der Waals surface area contributed by atoms with Crippen LogP contribution in [0.2, 0.25) is 0 Å². The van der Waals surface area contributed by atoms with E-state index in [1.54, 1.807) is 6.33 Å². The molecule has 1 aromatic heterocycles. The van der Waals surface area contributed by atoms with Gasteiger partial charge < -0.3 is 20.2 Å². The van der Waals surface area contributed by atoms with Crippen LogP contribution in [0.5, 0.6) is 0 Å². The van der Waals surface area contributed by atoms with Crippen molar-refractivity contribution >= 4 is 32.5 Å². The summed E-state index contributed by atoms with van der Waals surface area (Å²) in [6.07, 6.45) is 8.35. The van der Waals surface area contributed by atoms with Crippen molar-refractivity contribution in [2.45, 2.75) is 38.2 Å². The van der Waals surface area contributed by atoms with E-state index < -0.39 is 16.2 Å². The topological polar surface area (TPSA) is 81.6 Å². The van der Waals surface area contributed by atoms with E-state index in [-0.39, 0.29) is 17.7 Å². The van der Waals surface area contributed by atoms with Crippen molar-refractivity contribution in [3.05, 3.63) is 40.0 Å². The van der Waals surface area contributed by atoms with Crippen molar-refractivity contribution in [3.8, 4) is 0 Å². The third kappa shape index (κ3) is 4.42. The Labute approximate surface area is 196 Å². The molecule has 174 valence electrons. The molecule has 2 aliphatic heterocycles. The number of amides is 1. The lowest BCUT2D eigenvalue weighted by Gasteiger charge is -2.38. The first-order chi connectivity index (χ1) is 15.5. The minimum atomic E-state index is -0.881. The first-order valence-electron chi connectivity index (χ1n) is 11.6. The number of hydrogen-bond donors (Lipinski definition) is 3. The zero-order valence-electron chi connectivity index (χ0n) is 18.5. The maximum Gasteiger partial charge on any atom is 0.232 e. The minimum absolute atomic E-state index is 0.174. The molecule has 1 amide bonds. The molecule has 2 aliphatic carbocycles. The monoisotopic (exact) mass is 477 g/mol. The smallest absolute Gasteiger partial charge is 0.232 e. The Kier molecular flexibility index (Phi) is 6.47. The first kappa shape index (κ1) is 22.2. The number of hydrogen-bond acceptors (Lipinski definition) is 6. The highest BCUT2D eigenvalue weighted by Crippen LogP contribution is 2.49. The molecule has 0 radical (unpaired) electrons. The van der Waals surface area contributed by atoms with E-state index in [9.17, 15) is 9.90 Å². The second kappa shape index (κ2) is 9.33. The Morgan fingerprint density at radius 3 is 2.78 bits per heavy atom. The number of fused-ring (bicyclic) bond motifs is 1. The van der Waals surface area contributed by atoms with Crippen LogP contribution in [0, 0.1) is 11.8 Å². The molecule has 9 heteroatoms. The van der Waals surface area contributed by atoms with Gasteiger partial charge in [0, 0.05) is 38.3 Å². The van der Waals surface area contributed by atoms with Gasteiger partial charge in [-0.2, -0.15) is 0 Å². The molecule has 0 spiro atoms. The van der Waals surface area contributed by atoms with Crippen LogP contribution in [-0.4, -0.2) is 65.2 Å². The number of piperazine rings is 1. The number of aliphatic hydroxyl groups excluding tert-OH is 1. The van der Waals surface area contributed by atoms with E-state index in [0.717, 1.165) is 47.5 Å². The number of aromatic nitrogens is 2. The van der Waals surface area contributed by atoms with E-state index in [2.05, 4.69) is 27.1 Å². The van der Waals surface area contributed by atoms with Gasteiger partial charge in [-0.15, -0.1) is 10.1 Å². The number of anilines is 1. The quantitative estimate of drug-likeness (QED) is 0.524. The van der Waals surface area contributed by atoms with Gasteiger partial charge in [0.25, 0.3) is 0 Å². The number of carbonyl (C=O) groups is 1. The Bertz CT molecular complexity index is 929. The molecule has 0 bridgehead atoms. The van der Waals surface area contributed by atoms with Crippen LogP contribution >= 0.6 is 20.8 Å². The molecule has 1 saturated heterocycles. The Hall–Kier alpha value is -1.61. The fourth-order valence-electron chi connectivity index (χ4n) is 5.02. The number of thiol groups is 1. The molecule has 0 aromatic carbocycles. The van der Waals surface area contributed by atoms with Gasteiger partial charge in [-0.1, -0.05) is 29.8 Å². The van der Waals surface area contributed by atoms with Crippen LogP contribution in [-0.2, 0) is 4.79 Å². The van der Waals surface area contributed by atoms with Crippen LogP contribution < -0.4 is 10.2 Å². The van der Waals surface area contributed by atoms with Crippen molar-refractivity contribution in [3.63, 3.8) is 0 Å². The summed E-state index contributed by atoms with van der Waals surface area (Å²) in [6.45, 7) is 6.54. The molecule has 2 N–H and O–H groups in total. The molecule has 3 heterocycles. The zero-order chi connectivity index (χ0) is 22.2. The molecule has 1 saturated carbocycles. The third-order valence-electron chi connectivity index (χ3n) is 7.03. The minimum Gasteiger partial charge on any atom is -0.387 e. The van der Waals surface area contributed by atoms with Gasteiger partial charge in [0.2, 0.25) is 5.91 Å². The number of allylic oxidation sites excluding steroid dienone is 2. The lowest BCUT2D eigenvalue weighted by Crippen LogP contribution is -2.52. The third-order valence-corrected chi connectivity index (χ3v) is 9.35.